The molecule has 0 unspecified atom stereocenters. The number of phenols is 3. The molecule has 0 fully saturated rings. The molecule has 0 bridgehead atoms. The van der Waals surface area contributed by atoms with E-state index in [1.807, 2.05) is 74.2 Å². The summed E-state index contributed by atoms with van der Waals surface area (Å²) in [6, 6.07) is 23.6. The summed E-state index contributed by atoms with van der Waals surface area (Å²) in [5.74, 6) is 1.91. The Morgan fingerprint density at radius 1 is 0.500 bits per heavy atom. The largest absolute Gasteiger partial charge is 0.508 e. The first-order valence-electron chi connectivity index (χ1n) is 10.3. The molecule has 4 aromatic carbocycles. The molecule has 32 heavy (non-hydrogen) atoms. The summed E-state index contributed by atoms with van der Waals surface area (Å²) in [4.78, 5) is 1.95. The summed E-state index contributed by atoms with van der Waals surface area (Å²) in [5.41, 5.74) is 4.68. The number of phenolic OH excluding ortho intramolecular Hbond substituents is 3. The van der Waals surface area contributed by atoms with Gasteiger partial charge in [-0.15, -0.1) is 0 Å². The number of hydrogen-bond acceptors (Lipinski definition) is 5. The SMILES string of the molecule is Cc1cc(Oc2ccc(N(c3ccc(C)c(O)c3)c3ccc(C)c(O)c3)cc2)ccc1O. The first-order valence-corrected chi connectivity index (χ1v) is 10.3. The van der Waals surface area contributed by atoms with Crippen molar-refractivity contribution in [3.63, 3.8) is 0 Å². The van der Waals surface area contributed by atoms with Crippen molar-refractivity contribution in [3.05, 3.63) is 95.6 Å². The van der Waals surface area contributed by atoms with Crippen LogP contribution in [0.2, 0.25) is 0 Å². The van der Waals surface area contributed by atoms with Crippen LogP contribution in [0.15, 0.2) is 78.9 Å². The standard InChI is InChI=1S/C27H25NO4/c1-17-4-6-21(15-26(17)30)28(22-7-5-18(2)27(31)16-22)20-8-10-23(11-9-20)32-24-12-13-25(29)19(3)14-24/h4-16,29-31H,1-3H3. The normalized spacial score (nSPS) is 10.7. The second kappa shape index (κ2) is 8.55. The van der Waals surface area contributed by atoms with Crippen LogP contribution in [0.4, 0.5) is 17.1 Å². The Morgan fingerprint density at radius 3 is 1.50 bits per heavy atom. The highest BCUT2D eigenvalue weighted by molar-refractivity contribution is 5.78. The molecule has 0 amide bonds. The Morgan fingerprint density at radius 2 is 1.00 bits per heavy atom. The van der Waals surface area contributed by atoms with Crippen molar-refractivity contribution >= 4 is 17.1 Å². The smallest absolute Gasteiger partial charge is 0.127 e. The number of benzene rings is 4. The first kappa shape index (κ1) is 21.1. The summed E-state index contributed by atoms with van der Waals surface area (Å²) in [6.45, 7) is 5.51. The van der Waals surface area contributed by atoms with Gasteiger partial charge in [0.2, 0.25) is 0 Å². The van der Waals surface area contributed by atoms with E-state index in [0.29, 0.717) is 11.5 Å². The number of aryl methyl sites for hydroxylation is 3. The summed E-state index contributed by atoms with van der Waals surface area (Å²) in [6.07, 6.45) is 0. The maximum Gasteiger partial charge on any atom is 0.127 e. The van der Waals surface area contributed by atoms with E-state index in [0.717, 1.165) is 33.8 Å². The number of rotatable bonds is 5. The zero-order chi connectivity index (χ0) is 22.8. The summed E-state index contributed by atoms with van der Waals surface area (Å²) in [5, 5.41) is 30.3. The third-order valence-corrected chi connectivity index (χ3v) is 5.40. The average molecular weight is 428 g/mol. The third kappa shape index (κ3) is 4.32. The maximum absolute atomic E-state index is 10.3. The van der Waals surface area contributed by atoms with Crippen molar-refractivity contribution in [2.45, 2.75) is 20.8 Å². The van der Waals surface area contributed by atoms with Crippen LogP contribution in [0, 0.1) is 20.8 Å². The molecule has 5 nitrogen and oxygen atoms in total. The lowest BCUT2D eigenvalue weighted by Gasteiger charge is -2.26. The van der Waals surface area contributed by atoms with E-state index < -0.39 is 0 Å². The van der Waals surface area contributed by atoms with Gasteiger partial charge in [0.1, 0.15) is 28.7 Å². The van der Waals surface area contributed by atoms with E-state index in [4.69, 9.17) is 4.74 Å². The molecule has 0 spiro atoms. The van der Waals surface area contributed by atoms with Gasteiger partial charge in [0.05, 0.1) is 0 Å². The van der Waals surface area contributed by atoms with E-state index in [2.05, 4.69) is 0 Å². The Kier molecular flexibility index (Phi) is 5.65. The summed E-state index contributed by atoms with van der Waals surface area (Å²) < 4.78 is 5.92. The quantitative estimate of drug-likeness (QED) is 0.320. The Balaban J connectivity index is 1.71. The van der Waals surface area contributed by atoms with Crippen LogP contribution in [0.25, 0.3) is 0 Å². The molecule has 0 heterocycles. The van der Waals surface area contributed by atoms with Gasteiger partial charge in [-0.3, -0.25) is 0 Å². The molecule has 162 valence electrons. The van der Waals surface area contributed by atoms with Gasteiger partial charge in [0.25, 0.3) is 0 Å². The lowest BCUT2D eigenvalue weighted by atomic mass is 10.1. The highest BCUT2D eigenvalue weighted by atomic mass is 16.5. The Hall–Kier alpha value is -4.12. The molecule has 3 N–H and O–H groups in total. The molecule has 0 saturated heterocycles. The van der Waals surface area contributed by atoms with E-state index in [9.17, 15) is 15.3 Å². The fourth-order valence-corrected chi connectivity index (χ4v) is 3.41. The van der Waals surface area contributed by atoms with Gasteiger partial charge in [-0.05, 0) is 92.1 Å². The van der Waals surface area contributed by atoms with Crippen LogP contribution in [-0.4, -0.2) is 15.3 Å². The number of ether oxygens (including phenoxy) is 1. The molecule has 0 atom stereocenters. The number of aromatic hydroxyl groups is 3. The molecule has 5 heteroatoms. The van der Waals surface area contributed by atoms with Crippen molar-refractivity contribution in [1.82, 2.24) is 0 Å². The summed E-state index contributed by atoms with van der Waals surface area (Å²) in [7, 11) is 0. The van der Waals surface area contributed by atoms with Gasteiger partial charge >= 0.3 is 0 Å². The van der Waals surface area contributed by atoms with Crippen LogP contribution < -0.4 is 9.64 Å². The van der Waals surface area contributed by atoms with Gasteiger partial charge < -0.3 is 25.0 Å². The van der Waals surface area contributed by atoms with Gasteiger partial charge in [-0.2, -0.15) is 0 Å². The van der Waals surface area contributed by atoms with Crippen molar-refractivity contribution in [2.24, 2.45) is 0 Å². The van der Waals surface area contributed by atoms with Crippen molar-refractivity contribution in [1.29, 1.82) is 0 Å². The van der Waals surface area contributed by atoms with Crippen LogP contribution in [0.3, 0.4) is 0 Å². The van der Waals surface area contributed by atoms with Gasteiger partial charge in [0, 0.05) is 29.2 Å². The topological polar surface area (TPSA) is 73.2 Å². The van der Waals surface area contributed by atoms with Gasteiger partial charge in [0.15, 0.2) is 0 Å². The highest BCUT2D eigenvalue weighted by Gasteiger charge is 2.15. The molecular weight excluding hydrogens is 402 g/mol. The van der Waals surface area contributed by atoms with Crippen molar-refractivity contribution < 1.29 is 20.1 Å². The molecular formula is C27H25NO4. The zero-order valence-corrected chi connectivity index (χ0v) is 18.2. The fourth-order valence-electron chi connectivity index (χ4n) is 3.41. The lowest BCUT2D eigenvalue weighted by molar-refractivity contribution is 0.460. The predicted molar refractivity (Wildman–Crippen MR) is 127 cm³/mol. The molecule has 0 aliphatic rings. The molecule has 0 radical (unpaired) electrons. The molecule has 0 aliphatic carbocycles. The second-order valence-electron chi connectivity index (χ2n) is 7.82. The number of nitrogens with zero attached hydrogens (tertiary/aromatic N) is 1. The van der Waals surface area contributed by atoms with Gasteiger partial charge in [-0.1, -0.05) is 12.1 Å². The average Bonchev–Trinajstić information content (AvgIpc) is 2.77. The third-order valence-electron chi connectivity index (χ3n) is 5.40. The molecule has 4 aromatic rings. The van der Waals surface area contributed by atoms with E-state index in [-0.39, 0.29) is 17.2 Å². The monoisotopic (exact) mass is 427 g/mol. The highest BCUT2D eigenvalue weighted by Crippen LogP contribution is 2.39. The molecule has 0 saturated carbocycles. The molecule has 0 aliphatic heterocycles. The molecule has 0 aromatic heterocycles. The van der Waals surface area contributed by atoms with Crippen LogP contribution in [0.5, 0.6) is 28.7 Å². The van der Waals surface area contributed by atoms with Crippen molar-refractivity contribution in [2.75, 3.05) is 4.90 Å². The van der Waals surface area contributed by atoms with Crippen LogP contribution in [-0.2, 0) is 0 Å². The molecule has 4 rings (SSSR count). The van der Waals surface area contributed by atoms with Crippen LogP contribution in [0.1, 0.15) is 16.7 Å². The Labute approximate surface area is 187 Å². The second-order valence-corrected chi connectivity index (χ2v) is 7.82. The maximum atomic E-state index is 10.3. The predicted octanol–water partition coefficient (Wildman–Crippen LogP) is 6.99. The van der Waals surface area contributed by atoms with E-state index >= 15 is 0 Å². The first-order chi connectivity index (χ1) is 15.3. The van der Waals surface area contributed by atoms with Crippen LogP contribution >= 0.6 is 0 Å². The van der Waals surface area contributed by atoms with E-state index in [1.165, 1.54) is 0 Å². The number of anilines is 3. The van der Waals surface area contributed by atoms with Gasteiger partial charge in [-0.25, -0.2) is 0 Å². The lowest BCUT2D eigenvalue weighted by Crippen LogP contribution is -2.10. The minimum Gasteiger partial charge on any atom is -0.508 e. The Bertz CT molecular complexity index is 1210. The zero-order valence-electron chi connectivity index (χ0n) is 18.2. The summed E-state index contributed by atoms with van der Waals surface area (Å²) >= 11 is 0. The number of hydrogen-bond donors (Lipinski definition) is 3. The minimum absolute atomic E-state index is 0.200. The minimum atomic E-state index is 0.200. The fraction of sp³-hybridized carbons (Fsp3) is 0.111. The van der Waals surface area contributed by atoms with Crippen molar-refractivity contribution in [3.8, 4) is 28.7 Å². The van der Waals surface area contributed by atoms with E-state index in [1.54, 1.807) is 30.3 Å².